The molecule has 0 heterocycles. The molecule has 0 atom stereocenters. The van der Waals surface area contributed by atoms with Gasteiger partial charge in [0.15, 0.2) is 17.4 Å². The molecular weight excluding hydrogens is 264 g/mol. The van der Waals surface area contributed by atoms with Crippen LogP contribution in [0.4, 0.5) is 8.78 Å². The molecule has 1 aliphatic carbocycles. The summed E-state index contributed by atoms with van der Waals surface area (Å²) in [6.07, 6.45) is 3.19. The molecule has 1 fully saturated rings. The Morgan fingerprint density at radius 2 is 1.85 bits per heavy atom. The molecule has 5 heteroatoms. The van der Waals surface area contributed by atoms with Gasteiger partial charge in [0, 0.05) is 19.2 Å². The summed E-state index contributed by atoms with van der Waals surface area (Å²) in [5.74, 6) is -1.64. The molecule has 1 saturated carbocycles. The minimum absolute atomic E-state index is 0.146. The fraction of sp³-hybridized carbons (Fsp3) is 0.600. The van der Waals surface area contributed by atoms with Crippen molar-refractivity contribution in [1.82, 2.24) is 5.32 Å². The first-order valence-corrected chi connectivity index (χ1v) is 7.12. The van der Waals surface area contributed by atoms with E-state index in [-0.39, 0.29) is 12.4 Å². The van der Waals surface area contributed by atoms with Crippen LogP contribution in [0, 0.1) is 11.6 Å². The van der Waals surface area contributed by atoms with E-state index in [0.717, 1.165) is 19.3 Å². The average Bonchev–Trinajstić information content (AvgIpc) is 3.23. The van der Waals surface area contributed by atoms with Crippen molar-refractivity contribution in [3.8, 4) is 5.75 Å². The SMILES string of the molecule is CCCOCCOc1c(F)cc(CNC2CC2)cc1F. The van der Waals surface area contributed by atoms with Gasteiger partial charge in [-0.25, -0.2) is 8.78 Å². The van der Waals surface area contributed by atoms with Gasteiger partial charge in [0.1, 0.15) is 6.61 Å². The van der Waals surface area contributed by atoms with Crippen LogP contribution >= 0.6 is 0 Å². The minimum atomic E-state index is -0.659. The standard InChI is InChI=1S/C15H21F2NO2/c1-2-5-19-6-7-20-15-13(16)8-11(9-14(15)17)10-18-12-3-4-12/h8-9,12,18H,2-7,10H2,1H3. The van der Waals surface area contributed by atoms with Crippen LogP contribution in [0.1, 0.15) is 31.7 Å². The molecule has 1 aliphatic rings. The van der Waals surface area contributed by atoms with E-state index in [9.17, 15) is 8.78 Å². The Hall–Kier alpha value is -1.20. The van der Waals surface area contributed by atoms with Gasteiger partial charge in [0.05, 0.1) is 6.61 Å². The van der Waals surface area contributed by atoms with Crippen LogP contribution in [0.2, 0.25) is 0 Å². The van der Waals surface area contributed by atoms with Gasteiger partial charge in [-0.05, 0) is 37.0 Å². The van der Waals surface area contributed by atoms with Crippen LogP contribution < -0.4 is 10.1 Å². The molecule has 0 bridgehead atoms. The molecule has 1 aromatic rings. The van der Waals surface area contributed by atoms with Crippen molar-refractivity contribution >= 4 is 0 Å². The molecule has 0 aliphatic heterocycles. The molecule has 0 radical (unpaired) electrons. The van der Waals surface area contributed by atoms with Crippen LogP contribution in [0.5, 0.6) is 5.75 Å². The molecule has 112 valence electrons. The Morgan fingerprint density at radius 1 is 1.15 bits per heavy atom. The summed E-state index contributed by atoms with van der Waals surface area (Å²) in [5.41, 5.74) is 0.599. The highest BCUT2D eigenvalue weighted by atomic mass is 19.1. The van der Waals surface area contributed by atoms with Crippen LogP contribution in [-0.4, -0.2) is 25.9 Å². The lowest BCUT2D eigenvalue weighted by Gasteiger charge is -2.11. The van der Waals surface area contributed by atoms with Crippen molar-refractivity contribution in [3.63, 3.8) is 0 Å². The summed E-state index contributed by atoms with van der Waals surface area (Å²) >= 11 is 0. The molecule has 0 amide bonds. The summed E-state index contributed by atoms with van der Waals surface area (Å²) in [7, 11) is 0. The Morgan fingerprint density at radius 3 is 2.45 bits per heavy atom. The topological polar surface area (TPSA) is 30.5 Å². The zero-order chi connectivity index (χ0) is 14.4. The van der Waals surface area contributed by atoms with Gasteiger partial charge >= 0.3 is 0 Å². The quantitative estimate of drug-likeness (QED) is 0.707. The van der Waals surface area contributed by atoms with E-state index in [4.69, 9.17) is 9.47 Å². The highest BCUT2D eigenvalue weighted by molar-refractivity contribution is 5.31. The number of benzene rings is 1. The smallest absolute Gasteiger partial charge is 0.190 e. The zero-order valence-electron chi connectivity index (χ0n) is 11.8. The number of hydrogen-bond acceptors (Lipinski definition) is 3. The summed E-state index contributed by atoms with van der Waals surface area (Å²) < 4.78 is 37.9. The predicted octanol–water partition coefficient (Wildman–Crippen LogP) is 3.02. The molecule has 2 rings (SSSR count). The van der Waals surface area contributed by atoms with Gasteiger partial charge in [0.25, 0.3) is 0 Å². The van der Waals surface area contributed by atoms with Crippen molar-refractivity contribution in [2.75, 3.05) is 19.8 Å². The highest BCUT2D eigenvalue weighted by Gasteiger charge is 2.20. The second kappa shape index (κ2) is 7.55. The molecule has 0 spiro atoms. The zero-order valence-corrected chi connectivity index (χ0v) is 11.8. The first-order valence-electron chi connectivity index (χ1n) is 7.12. The lowest BCUT2D eigenvalue weighted by Crippen LogP contribution is -2.16. The van der Waals surface area contributed by atoms with Gasteiger partial charge in [-0.1, -0.05) is 6.92 Å². The van der Waals surface area contributed by atoms with E-state index >= 15 is 0 Å². The third-order valence-corrected chi connectivity index (χ3v) is 3.05. The maximum absolute atomic E-state index is 13.8. The lowest BCUT2D eigenvalue weighted by atomic mass is 10.2. The Balaban J connectivity index is 1.84. The van der Waals surface area contributed by atoms with Gasteiger partial charge in [-0.3, -0.25) is 0 Å². The third kappa shape index (κ3) is 4.72. The molecule has 1 aromatic carbocycles. The maximum Gasteiger partial charge on any atom is 0.190 e. The van der Waals surface area contributed by atoms with Crippen LogP contribution in [0.15, 0.2) is 12.1 Å². The predicted molar refractivity (Wildman–Crippen MR) is 72.8 cm³/mol. The first-order chi connectivity index (χ1) is 9.70. The number of hydrogen-bond donors (Lipinski definition) is 1. The van der Waals surface area contributed by atoms with E-state index in [1.165, 1.54) is 12.1 Å². The molecule has 0 saturated heterocycles. The fourth-order valence-electron chi connectivity index (χ4n) is 1.85. The van der Waals surface area contributed by atoms with Gasteiger partial charge < -0.3 is 14.8 Å². The molecular formula is C15H21F2NO2. The normalized spacial score (nSPS) is 14.6. The van der Waals surface area contributed by atoms with Crippen molar-refractivity contribution in [3.05, 3.63) is 29.3 Å². The Kier molecular flexibility index (Phi) is 5.73. The monoisotopic (exact) mass is 285 g/mol. The number of nitrogens with one attached hydrogen (secondary N) is 1. The third-order valence-electron chi connectivity index (χ3n) is 3.05. The van der Waals surface area contributed by atoms with E-state index in [1.54, 1.807) is 0 Å². The first kappa shape index (κ1) is 15.2. The minimum Gasteiger partial charge on any atom is -0.485 e. The van der Waals surface area contributed by atoms with Gasteiger partial charge in [0.2, 0.25) is 0 Å². The number of halogens is 2. The lowest BCUT2D eigenvalue weighted by molar-refractivity contribution is 0.0975. The highest BCUT2D eigenvalue weighted by Crippen LogP contribution is 2.24. The van der Waals surface area contributed by atoms with E-state index in [2.05, 4.69) is 5.32 Å². The van der Waals surface area contributed by atoms with E-state index in [0.29, 0.717) is 31.4 Å². The van der Waals surface area contributed by atoms with Crippen LogP contribution in [0.25, 0.3) is 0 Å². The summed E-state index contributed by atoms with van der Waals surface area (Å²) in [5, 5.41) is 3.22. The Bertz CT molecular complexity index is 413. The van der Waals surface area contributed by atoms with E-state index < -0.39 is 11.6 Å². The van der Waals surface area contributed by atoms with Crippen molar-refractivity contribution in [2.45, 2.75) is 38.8 Å². The van der Waals surface area contributed by atoms with Crippen molar-refractivity contribution < 1.29 is 18.3 Å². The largest absolute Gasteiger partial charge is 0.485 e. The molecule has 0 aromatic heterocycles. The molecule has 20 heavy (non-hydrogen) atoms. The van der Waals surface area contributed by atoms with Gasteiger partial charge in [-0.15, -0.1) is 0 Å². The van der Waals surface area contributed by atoms with Crippen LogP contribution in [0.3, 0.4) is 0 Å². The molecule has 0 unspecified atom stereocenters. The fourth-order valence-corrected chi connectivity index (χ4v) is 1.85. The summed E-state index contributed by atoms with van der Waals surface area (Å²) in [6, 6.07) is 3.15. The maximum atomic E-state index is 13.8. The second-order valence-electron chi connectivity index (χ2n) is 5.00. The molecule has 1 N–H and O–H groups in total. The Labute approximate surface area is 118 Å². The van der Waals surface area contributed by atoms with E-state index in [1.807, 2.05) is 6.92 Å². The number of ether oxygens (including phenoxy) is 2. The van der Waals surface area contributed by atoms with Crippen molar-refractivity contribution in [2.24, 2.45) is 0 Å². The van der Waals surface area contributed by atoms with Crippen molar-refractivity contribution in [1.29, 1.82) is 0 Å². The average molecular weight is 285 g/mol. The van der Waals surface area contributed by atoms with Crippen LogP contribution in [-0.2, 0) is 11.3 Å². The molecule has 3 nitrogen and oxygen atoms in total. The number of rotatable bonds is 9. The van der Waals surface area contributed by atoms with Gasteiger partial charge in [-0.2, -0.15) is 0 Å². The summed E-state index contributed by atoms with van der Waals surface area (Å²) in [4.78, 5) is 0. The second-order valence-corrected chi connectivity index (χ2v) is 5.00. The summed E-state index contributed by atoms with van der Waals surface area (Å²) in [6.45, 7) is 3.58.